The first-order valence-corrected chi connectivity index (χ1v) is 6.52. The molecule has 0 aliphatic heterocycles. The molecule has 0 unspecified atom stereocenters. The van der Waals surface area contributed by atoms with Gasteiger partial charge in [-0.25, -0.2) is 4.98 Å². The van der Waals surface area contributed by atoms with Crippen LogP contribution in [0, 0.1) is 6.92 Å². The summed E-state index contributed by atoms with van der Waals surface area (Å²) in [5.41, 5.74) is 2.44. The SMILES string of the molecule is Cc1nc2c(C(C)(C)C)c(C(C)C)oc2s1. The van der Waals surface area contributed by atoms with Gasteiger partial charge in [0.25, 0.3) is 0 Å². The van der Waals surface area contributed by atoms with Crippen LogP contribution in [0.5, 0.6) is 0 Å². The Labute approximate surface area is 101 Å². The lowest BCUT2D eigenvalue weighted by atomic mass is 9.84. The van der Waals surface area contributed by atoms with Gasteiger partial charge in [0, 0.05) is 11.5 Å². The molecule has 0 aliphatic carbocycles. The molecule has 16 heavy (non-hydrogen) atoms. The molecular formula is C13H19NOS. The second-order valence-electron chi connectivity index (χ2n) is 5.61. The Morgan fingerprint density at radius 1 is 1.25 bits per heavy atom. The van der Waals surface area contributed by atoms with E-state index in [-0.39, 0.29) is 5.41 Å². The van der Waals surface area contributed by atoms with Crippen LogP contribution in [-0.2, 0) is 5.41 Å². The molecule has 0 saturated heterocycles. The van der Waals surface area contributed by atoms with E-state index >= 15 is 0 Å². The molecule has 2 nitrogen and oxygen atoms in total. The van der Waals surface area contributed by atoms with Gasteiger partial charge in [0.15, 0.2) is 0 Å². The lowest BCUT2D eigenvalue weighted by Gasteiger charge is -2.19. The maximum atomic E-state index is 5.96. The van der Waals surface area contributed by atoms with E-state index in [1.165, 1.54) is 5.56 Å². The van der Waals surface area contributed by atoms with Crippen LogP contribution in [0.1, 0.15) is 56.9 Å². The first kappa shape index (κ1) is 11.6. The molecule has 2 aromatic heterocycles. The molecule has 0 spiro atoms. The van der Waals surface area contributed by atoms with Crippen LogP contribution < -0.4 is 0 Å². The number of aryl methyl sites for hydroxylation is 1. The van der Waals surface area contributed by atoms with Crippen molar-refractivity contribution in [3.63, 3.8) is 0 Å². The summed E-state index contributed by atoms with van der Waals surface area (Å²) < 4.78 is 5.96. The van der Waals surface area contributed by atoms with Gasteiger partial charge in [-0.2, -0.15) is 0 Å². The first-order chi connectivity index (χ1) is 7.30. The Balaban J connectivity index is 2.77. The van der Waals surface area contributed by atoms with E-state index in [2.05, 4.69) is 39.6 Å². The summed E-state index contributed by atoms with van der Waals surface area (Å²) in [7, 11) is 0. The minimum absolute atomic E-state index is 0.0887. The maximum Gasteiger partial charge on any atom is 0.208 e. The van der Waals surface area contributed by atoms with Crippen molar-refractivity contribution in [1.82, 2.24) is 4.98 Å². The highest BCUT2D eigenvalue weighted by Gasteiger charge is 2.28. The third kappa shape index (κ3) is 1.77. The van der Waals surface area contributed by atoms with Gasteiger partial charge < -0.3 is 4.42 Å². The zero-order valence-corrected chi connectivity index (χ0v) is 11.7. The van der Waals surface area contributed by atoms with E-state index in [4.69, 9.17) is 4.42 Å². The van der Waals surface area contributed by atoms with Gasteiger partial charge in [0.2, 0.25) is 4.90 Å². The Bertz CT molecular complexity index is 514. The van der Waals surface area contributed by atoms with Gasteiger partial charge in [-0.1, -0.05) is 46.0 Å². The standard InChI is InChI=1S/C13H19NOS/c1-7(2)11-9(13(4,5)6)10-12(15-11)16-8(3)14-10/h7H,1-6H3. The summed E-state index contributed by atoms with van der Waals surface area (Å²) in [5.74, 6) is 1.51. The van der Waals surface area contributed by atoms with Crippen LogP contribution in [0.15, 0.2) is 4.42 Å². The molecule has 0 saturated carbocycles. The number of thiazole rings is 1. The van der Waals surface area contributed by atoms with Crippen molar-refractivity contribution in [1.29, 1.82) is 0 Å². The van der Waals surface area contributed by atoms with Crippen LogP contribution in [0.25, 0.3) is 10.4 Å². The number of hydrogen-bond donors (Lipinski definition) is 0. The zero-order chi connectivity index (χ0) is 12.1. The fourth-order valence-corrected chi connectivity index (χ4v) is 2.82. The lowest BCUT2D eigenvalue weighted by Crippen LogP contribution is -2.13. The third-order valence-electron chi connectivity index (χ3n) is 2.66. The average molecular weight is 237 g/mol. The van der Waals surface area contributed by atoms with E-state index in [1.807, 2.05) is 6.92 Å². The Hall–Kier alpha value is -0.830. The molecule has 0 fully saturated rings. The number of aromatic nitrogens is 1. The van der Waals surface area contributed by atoms with Gasteiger partial charge in [0.05, 0.1) is 5.01 Å². The molecule has 2 heterocycles. The van der Waals surface area contributed by atoms with Crippen molar-refractivity contribution in [2.24, 2.45) is 0 Å². The molecule has 2 rings (SSSR count). The molecule has 3 heteroatoms. The van der Waals surface area contributed by atoms with E-state index in [9.17, 15) is 0 Å². The molecule has 0 N–H and O–H groups in total. The molecule has 0 atom stereocenters. The second kappa shape index (κ2) is 3.59. The van der Waals surface area contributed by atoms with Gasteiger partial charge in [-0.3, -0.25) is 0 Å². The lowest BCUT2D eigenvalue weighted by molar-refractivity contribution is 0.489. The van der Waals surface area contributed by atoms with Crippen LogP contribution in [0.3, 0.4) is 0 Å². The van der Waals surface area contributed by atoms with Crippen molar-refractivity contribution in [3.8, 4) is 0 Å². The summed E-state index contributed by atoms with van der Waals surface area (Å²) in [4.78, 5) is 5.59. The quantitative estimate of drug-likeness (QED) is 0.723. The summed E-state index contributed by atoms with van der Waals surface area (Å²) in [6, 6.07) is 0. The second-order valence-corrected chi connectivity index (χ2v) is 6.78. The summed E-state index contributed by atoms with van der Waals surface area (Å²) in [6.07, 6.45) is 0. The Morgan fingerprint density at radius 3 is 2.38 bits per heavy atom. The smallest absolute Gasteiger partial charge is 0.208 e. The Kier molecular flexibility index (Phi) is 2.61. The summed E-state index contributed by atoms with van der Waals surface area (Å²) in [6.45, 7) is 13.0. The monoisotopic (exact) mass is 237 g/mol. The molecule has 0 radical (unpaired) electrons. The maximum absolute atomic E-state index is 5.96. The van der Waals surface area contributed by atoms with Crippen LogP contribution in [0.2, 0.25) is 0 Å². The molecule has 0 amide bonds. The molecule has 0 aromatic carbocycles. The molecular weight excluding hydrogens is 218 g/mol. The van der Waals surface area contributed by atoms with Crippen LogP contribution >= 0.6 is 11.3 Å². The predicted octanol–water partition coefficient (Wildman–Crippen LogP) is 4.62. The van der Waals surface area contributed by atoms with Crippen molar-refractivity contribution in [3.05, 3.63) is 16.3 Å². The number of hydrogen-bond acceptors (Lipinski definition) is 3. The predicted molar refractivity (Wildman–Crippen MR) is 69.4 cm³/mol. The summed E-state index contributed by atoms with van der Waals surface area (Å²) >= 11 is 1.64. The minimum atomic E-state index is 0.0887. The molecule has 0 bridgehead atoms. The minimum Gasteiger partial charge on any atom is -0.448 e. The highest BCUT2D eigenvalue weighted by Crippen LogP contribution is 2.40. The highest BCUT2D eigenvalue weighted by molar-refractivity contribution is 7.17. The third-order valence-corrected chi connectivity index (χ3v) is 3.51. The van der Waals surface area contributed by atoms with Gasteiger partial charge in [-0.05, 0) is 12.3 Å². The van der Waals surface area contributed by atoms with Crippen molar-refractivity contribution in [2.75, 3.05) is 0 Å². The van der Waals surface area contributed by atoms with E-state index in [1.54, 1.807) is 11.3 Å². The molecule has 2 aromatic rings. The number of nitrogens with zero attached hydrogens (tertiary/aromatic N) is 1. The van der Waals surface area contributed by atoms with Crippen molar-refractivity contribution in [2.45, 2.75) is 52.9 Å². The fourth-order valence-electron chi connectivity index (χ4n) is 2.03. The fraction of sp³-hybridized carbons (Fsp3) is 0.615. The van der Waals surface area contributed by atoms with Crippen molar-refractivity contribution < 1.29 is 4.42 Å². The van der Waals surface area contributed by atoms with Gasteiger partial charge >= 0.3 is 0 Å². The number of rotatable bonds is 1. The van der Waals surface area contributed by atoms with Gasteiger partial charge in [-0.15, -0.1) is 0 Å². The van der Waals surface area contributed by atoms with E-state index < -0.39 is 0 Å². The number of fused-ring (bicyclic) bond motifs is 1. The summed E-state index contributed by atoms with van der Waals surface area (Å²) in [5, 5.41) is 1.08. The van der Waals surface area contributed by atoms with Crippen LogP contribution in [-0.4, -0.2) is 4.98 Å². The number of furan rings is 1. The van der Waals surface area contributed by atoms with Crippen LogP contribution in [0.4, 0.5) is 0 Å². The van der Waals surface area contributed by atoms with E-state index in [0.717, 1.165) is 21.2 Å². The zero-order valence-electron chi connectivity index (χ0n) is 10.8. The topological polar surface area (TPSA) is 26.0 Å². The first-order valence-electron chi connectivity index (χ1n) is 5.71. The van der Waals surface area contributed by atoms with Crippen molar-refractivity contribution >= 4 is 21.8 Å². The highest BCUT2D eigenvalue weighted by atomic mass is 32.1. The normalized spacial score (nSPS) is 12.9. The molecule has 88 valence electrons. The molecule has 0 aliphatic rings. The Morgan fingerprint density at radius 2 is 1.88 bits per heavy atom. The van der Waals surface area contributed by atoms with E-state index in [0.29, 0.717) is 5.92 Å². The van der Waals surface area contributed by atoms with Gasteiger partial charge in [0.1, 0.15) is 11.3 Å². The largest absolute Gasteiger partial charge is 0.448 e. The average Bonchev–Trinajstić information content (AvgIpc) is 2.56.